The number of carbonyl (C=O) groups excluding carboxylic acids is 1. The van der Waals surface area contributed by atoms with Crippen molar-refractivity contribution in [2.75, 3.05) is 22.9 Å². The summed E-state index contributed by atoms with van der Waals surface area (Å²) < 4.78 is 29.9. The number of nitrogens with one attached hydrogen (secondary N) is 2. The molecule has 0 saturated heterocycles. The summed E-state index contributed by atoms with van der Waals surface area (Å²) in [6.45, 7) is -0.231. The first-order chi connectivity index (χ1) is 11.2. The van der Waals surface area contributed by atoms with Crippen molar-refractivity contribution >= 4 is 50.5 Å². The van der Waals surface area contributed by atoms with E-state index >= 15 is 0 Å². The van der Waals surface area contributed by atoms with E-state index in [2.05, 4.69) is 10.0 Å². The van der Waals surface area contributed by atoms with Gasteiger partial charge in [0.15, 0.2) is 6.61 Å². The van der Waals surface area contributed by atoms with Crippen molar-refractivity contribution in [1.29, 1.82) is 0 Å². The molecule has 0 atom stereocenters. The smallest absolute Gasteiger partial charge is 0.262 e. The Morgan fingerprint density at radius 1 is 1.08 bits per heavy atom. The van der Waals surface area contributed by atoms with Crippen LogP contribution in [0.5, 0.6) is 5.75 Å². The number of carbonyl (C=O) groups is 1. The topological polar surface area (TPSA) is 84.5 Å². The van der Waals surface area contributed by atoms with Crippen molar-refractivity contribution in [1.82, 2.24) is 0 Å². The Kier molecular flexibility index (Phi) is 5.93. The first-order valence-electron chi connectivity index (χ1n) is 6.68. The van der Waals surface area contributed by atoms with Gasteiger partial charge in [0.25, 0.3) is 5.91 Å². The van der Waals surface area contributed by atoms with Gasteiger partial charge in [-0.3, -0.25) is 9.52 Å². The summed E-state index contributed by atoms with van der Waals surface area (Å²) in [5, 5.41) is 3.41. The van der Waals surface area contributed by atoms with Crippen LogP contribution in [-0.4, -0.2) is 27.2 Å². The molecule has 0 radical (unpaired) electrons. The monoisotopic (exact) mass is 388 g/mol. The molecule has 1 amide bonds. The molecule has 0 unspecified atom stereocenters. The highest BCUT2D eigenvalue weighted by Crippen LogP contribution is 2.27. The number of sulfonamides is 1. The Bertz CT molecular complexity index is 839. The third-order valence-corrected chi connectivity index (χ3v) is 3.86. The minimum absolute atomic E-state index is 0.231. The summed E-state index contributed by atoms with van der Waals surface area (Å²) in [6.07, 6.45) is 1.06. The van der Waals surface area contributed by atoms with Crippen LogP contribution in [0.4, 0.5) is 11.4 Å². The lowest BCUT2D eigenvalue weighted by Gasteiger charge is -2.10. The van der Waals surface area contributed by atoms with E-state index in [4.69, 9.17) is 27.9 Å². The third-order valence-electron chi connectivity index (χ3n) is 2.72. The Labute approximate surface area is 149 Å². The van der Waals surface area contributed by atoms with E-state index in [1.54, 1.807) is 24.3 Å². The van der Waals surface area contributed by atoms with Crippen LogP contribution in [0.1, 0.15) is 0 Å². The summed E-state index contributed by atoms with van der Waals surface area (Å²) in [6, 6.07) is 10.9. The first-order valence-corrected chi connectivity index (χ1v) is 9.33. The predicted octanol–water partition coefficient (Wildman–Crippen LogP) is 3.38. The molecule has 0 aliphatic rings. The third kappa shape index (κ3) is 5.92. The van der Waals surface area contributed by atoms with Crippen LogP contribution in [0.3, 0.4) is 0 Å². The highest BCUT2D eigenvalue weighted by atomic mass is 35.5. The molecule has 24 heavy (non-hydrogen) atoms. The normalized spacial score (nSPS) is 11.0. The SMILES string of the molecule is CS(=O)(=O)Nc1ccc(NC(=O)COc2ccc(Cl)cc2Cl)cc1. The Morgan fingerprint density at radius 3 is 2.29 bits per heavy atom. The number of hydrogen-bond donors (Lipinski definition) is 2. The van der Waals surface area contributed by atoms with Crippen LogP contribution in [0.15, 0.2) is 42.5 Å². The lowest BCUT2D eigenvalue weighted by atomic mass is 10.3. The Balaban J connectivity index is 1.90. The lowest BCUT2D eigenvalue weighted by molar-refractivity contribution is -0.118. The van der Waals surface area contributed by atoms with Crippen LogP contribution < -0.4 is 14.8 Å². The summed E-state index contributed by atoms with van der Waals surface area (Å²) in [5.41, 5.74) is 0.907. The van der Waals surface area contributed by atoms with E-state index in [1.807, 2.05) is 0 Å². The molecule has 2 aromatic carbocycles. The average molecular weight is 389 g/mol. The van der Waals surface area contributed by atoms with Crippen molar-refractivity contribution < 1.29 is 17.9 Å². The van der Waals surface area contributed by atoms with Crippen molar-refractivity contribution in [2.24, 2.45) is 0 Å². The minimum atomic E-state index is -3.34. The molecule has 0 heterocycles. The molecule has 6 nitrogen and oxygen atoms in total. The van der Waals surface area contributed by atoms with Crippen molar-refractivity contribution in [2.45, 2.75) is 0 Å². The molecule has 2 aromatic rings. The van der Waals surface area contributed by atoms with Crippen LogP contribution in [0.2, 0.25) is 10.0 Å². The molecule has 0 aromatic heterocycles. The van der Waals surface area contributed by atoms with Crippen molar-refractivity contribution in [3.05, 3.63) is 52.5 Å². The molecule has 0 aliphatic heterocycles. The van der Waals surface area contributed by atoms with Crippen LogP contribution in [0, 0.1) is 0 Å². The fourth-order valence-electron chi connectivity index (χ4n) is 1.77. The second-order valence-corrected chi connectivity index (χ2v) is 7.46. The van der Waals surface area contributed by atoms with Crippen molar-refractivity contribution in [3.8, 4) is 5.75 Å². The van der Waals surface area contributed by atoms with E-state index in [-0.39, 0.29) is 12.5 Å². The summed E-state index contributed by atoms with van der Waals surface area (Å²) in [4.78, 5) is 11.9. The molecular formula is C15H14Cl2N2O4S. The van der Waals surface area contributed by atoms with E-state index in [0.29, 0.717) is 27.2 Å². The van der Waals surface area contributed by atoms with Crippen molar-refractivity contribution in [3.63, 3.8) is 0 Å². The summed E-state index contributed by atoms with van der Waals surface area (Å²) in [7, 11) is -3.34. The standard InChI is InChI=1S/C15H14Cl2N2O4S/c1-24(21,22)19-12-5-3-11(4-6-12)18-15(20)9-23-14-7-2-10(16)8-13(14)17/h2-8,19H,9H2,1H3,(H,18,20). The minimum Gasteiger partial charge on any atom is -0.482 e. The van der Waals surface area contributed by atoms with Gasteiger partial charge < -0.3 is 10.1 Å². The van der Waals surface area contributed by atoms with Gasteiger partial charge in [-0.05, 0) is 42.5 Å². The Morgan fingerprint density at radius 2 is 1.71 bits per heavy atom. The largest absolute Gasteiger partial charge is 0.482 e. The predicted molar refractivity (Wildman–Crippen MR) is 95.5 cm³/mol. The second-order valence-electron chi connectivity index (χ2n) is 4.86. The molecule has 128 valence electrons. The molecular weight excluding hydrogens is 375 g/mol. The quantitative estimate of drug-likeness (QED) is 0.793. The molecule has 0 fully saturated rings. The van der Waals surface area contributed by atoms with Crippen LogP contribution in [-0.2, 0) is 14.8 Å². The van der Waals surface area contributed by atoms with E-state index in [0.717, 1.165) is 6.26 Å². The molecule has 0 saturated carbocycles. The van der Waals surface area contributed by atoms with Crippen LogP contribution in [0.25, 0.3) is 0 Å². The number of halogens is 2. The maximum absolute atomic E-state index is 11.9. The van der Waals surface area contributed by atoms with Gasteiger partial charge in [-0.25, -0.2) is 8.42 Å². The molecule has 2 rings (SSSR count). The maximum atomic E-state index is 11.9. The highest BCUT2D eigenvalue weighted by Gasteiger charge is 2.07. The fourth-order valence-corrected chi connectivity index (χ4v) is 2.80. The van der Waals surface area contributed by atoms with Gasteiger partial charge in [0, 0.05) is 16.4 Å². The number of rotatable bonds is 6. The summed E-state index contributed by atoms with van der Waals surface area (Å²) in [5.74, 6) is -0.0336. The van der Waals surface area contributed by atoms with Gasteiger partial charge in [-0.1, -0.05) is 23.2 Å². The van der Waals surface area contributed by atoms with Gasteiger partial charge in [-0.15, -0.1) is 0 Å². The van der Waals surface area contributed by atoms with Gasteiger partial charge >= 0.3 is 0 Å². The number of anilines is 2. The number of hydrogen-bond acceptors (Lipinski definition) is 4. The molecule has 0 aliphatic carbocycles. The van der Waals surface area contributed by atoms with Gasteiger partial charge in [0.05, 0.1) is 11.3 Å². The van der Waals surface area contributed by atoms with Gasteiger partial charge in [0.2, 0.25) is 10.0 Å². The molecule has 2 N–H and O–H groups in total. The lowest BCUT2D eigenvalue weighted by Crippen LogP contribution is -2.20. The molecule has 0 spiro atoms. The fraction of sp³-hybridized carbons (Fsp3) is 0.133. The van der Waals surface area contributed by atoms with E-state index in [1.165, 1.54) is 18.2 Å². The van der Waals surface area contributed by atoms with Gasteiger partial charge in [0.1, 0.15) is 5.75 Å². The average Bonchev–Trinajstić information content (AvgIpc) is 2.47. The highest BCUT2D eigenvalue weighted by molar-refractivity contribution is 7.92. The molecule has 9 heteroatoms. The second kappa shape index (κ2) is 7.74. The van der Waals surface area contributed by atoms with E-state index < -0.39 is 10.0 Å². The van der Waals surface area contributed by atoms with Crippen LogP contribution >= 0.6 is 23.2 Å². The van der Waals surface area contributed by atoms with Gasteiger partial charge in [-0.2, -0.15) is 0 Å². The zero-order valence-electron chi connectivity index (χ0n) is 12.5. The zero-order valence-corrected chi connectivity index (χ0v) is 14.9. The number of ether oxygens (including phenoxy) is 1. The number of benzene rings is 2. The zero-order chi connectivity index (χ0) is 17.7. The number of amides is 1. The summed E-state index contributed by atoms with van der Waals surface area (Å²) >= 11 is 11.7. The molecule has 0 bridgehead atoms. The van der Waals surface area contributed by atoms with E-state index in [9.17, 15) is 13.2 Å². The maximum Gasteiger partial charge on any atom is 0.262 e. The Hall–Kier alpha value is -1.96. The first kappa shape index (κ1) is 18.4.